The van der Waals surface area contributed by atoms with Crippen molar-refractivity contribution in [2.75, 3.05) is 25.1 Å². The second kappa shape index (κ2) is 6.91. The summed E-state index contributed by atoms with van der Waals surface area (Å²) < 4.78 is 5.29. The summed E-state index contributed by atoms with van der Waals surface area (Å²) in [6, 6.07) is 4.49. The van der Waals surface area contributed by atoms with Gasteiger partial charge in [0.15, 0.2) is 12.4 Å². The lowest BCUT2D eigenvalue weighted by Crippen LogP contribution is -2.44. The molecule has 1 heterocycles. The van der Waals surface area contributed by atoms with Crippen LogP contribution in [-0.4, -0.2) is 48.9 Å². The Labute approximate surface area is 132 Å². The van der Waals surface area contributed by atoms with E-state index in [0.717, 1.165) is 0 Å². The molecule has 1 aliphatic rings. The zero-order valence-corrected chi connectivity index (χ0v) is 12.5. The van der Waals surface area contributed by atoms with E-state index in [1.54, 1.807) is 0 Å². The maximum absolute atomic E-state index is 12.0. The lowest BCUT2D eigenvalue weighted by molar-refractivity contribution is -0.137. The Bertz CT molecular complexity index is 670. The third kappa shape index (κ3) is 3.85. The van der Waals surface area contributed by atoms with Crippen LogP contribution in [0.1, 0.15) is 23.2 Å². The number of hydrogen-bond donors (Lipinski definition) is 2. The number of ether oxygens (including phenoxy) is 1. The monoisotopic (exact) mass is 320 g/mol. The van der Waals surface area contributed by atoms with E-state index >= 15 is 0 Å². The van der Waals surface area contributed by atoms with Gasteiger partial charge in [-0.1, -0.05) is 0 Å². The number of carbonyl (C=O) groups is 4. The number of nitrogens with one attached hydrogen (secondary N) is 1. The number of nitrogens with zero attached hydrogens (tertiary/aromatic N) is 1. The Balaban J connectivity index is 2.28. The first-order chi connectivity index (χ1) is 10.9. The van der Waals surface area contributed by atoms with Crippen LogP contribution >= 0.6 is 0 Å². The molecule has 122 valence electrons. The molecule has 0 saturated carbocycles. The van der Waals surface area contributed by atoms with Crippen LogP contribution in [0.15, 0.2) is 18.2 Å². The second-order valence-electron chi connectivity index (χ2n) is 4.94. The number of likely N-dealkylation sites (N-methyl/N-ethyl adjacent to an activating group) is 1. The molecule has 0 atom stereocenters. The first kappa shape index (κ1) is 16.5. The molecule has 2 N–H and O–H groups in total. The predicted octanol–water partition coefficient (Wildman–Crippen LogP) is 0.205. The fourth-order valence-electron chi connectivity index (χ4n) is 2.14. The summed E-state index contributed by atoms with van der Waals surface area (Å²) in [5.41, 5.74) is 0.594. The minimum Gasteiger partial charge on any atom is -0.482 e. The number of amides is 2. The molecule has 8 heteroatoms. The molecule has 0 saturated heterocycles. The van der Waals surface area contributed by atoms with Gasteiger partial charge >= 0.3 is 5.97 Å². The molecule has 2 rings (SSSR count). The van der Waals surface area contributed by atoms with Gasteiger partial charge in [-0.2, -0.15) is 0 Å². The van der Waals surface area contributed by atoms with E-state index in [0.29, 0.717) is 11.4 Å². The van der Waals surface area contributed by atoms with Gasteiger partial charge in [0.2, 0.25) is 5.91 Å². The number of benzene rings is 1. The van der Waals surface area contributed by atoms with E-state index in [4.69, 9.17) is 9.84 Å². The van der Waals surface area contributed by atoms with Crippen LogP contribution in [0.25, 0.3) is 0 Å². The number of Topliss-reactive ketones (excluding diaryl/α,β-unsaturated/α-hetero) is 1. The Hall–Kier alpha value is -2.90. The largest absolute Gasteiger partial charge is 0.482 e. The SMILES string of the molecule is CNC(=O)CN1C(=O)COc2ccc(C(=O)CCC(=O)O)cc21. The van der Waals surface area contributed by atoms with Crippen LogP contribution in [0.3, 0.4) is 0 Å². The number of hydrogen-bond acceptors (Lipinski definition) is 5. The molecule has 0 aliphatic carbocycles. The topological polar surface area (TPSA) is 113 Å². The average Bonchev–Trinajstić information content (AvgIpc) is 2.54. The van der Waals surface area contributed by atoms with Crippen molar-refractivity contribution in [2.24, 2.45) is 0 Å². The molecule has 23 heavy (non-hydrogen) atoms. The third-order valence-corrected chi connectivity index (χ3v) is 3.37. The van der Waals surface area contributed by atoms with Crippen molar-refractivity contribution in [2.45, 2.75) is 12.8 Å². The van der Waals surface area contributed by atoms with Gasteiger partial charge in [-0.15, -0.1) is 0 Å². The summed E-state index contributed by atoms with van der Waals surface area (Å²) in [4.78, 5) is 47.3. The first-order valence-corrected chi connectivity index (χ1v) is 6.95. The minimum atomic E-state index is -1.06. The molecule has 0 radical (unpaired) electrons. The van der Waals surface area contributed by atoms with Gasteiger partial charge in [-0.05, 0) is 18.2 Å². The van der Waals surface area contributed by atoms with Crippen LogP contribution in [0.5, 0.6) is 5.75 Å². The number of carboxylic acid groups (broad SMARTS) is 1. The van der Waals surface area contributed by atoms with Gasteiger partial charge < -0.3 is 15.2 Å². The van der Waals surface area contributed by atoms with E-state index in [-0.39, 0.29) is 43.2 Å². The smallest absolute Gasteiger partial charge is 0.303 e. The molecular formula is C15H16N2O6. The molecule has 0 unspecified atom stereocenters. The van der Waals surface area contributed by atoms with Gasteiger partial charge in [0, 0.05) is 19.0 Å². The standard InChI is InChI=1S/C15H16N2O6/c1-16-13(19)7-17-10-6-9(11(18)3-5-15(21)22)2-4-12(10)23-8-14(17)20/h2,4,6H,3,5,7-8H2,1H3,(H,16,19)(H,21,22). The van der Waals surface area contributed by atoms with Gasteiger partial charge in [0.25, 0.3) is 5.91 Å². The second-order valence-corrected chi connectivity index (χ2v) is 4.94. The van der Waals surface area contributed by atoms with Crippen molar-refractivity contribution in [1.29, 1.82) is 0 Å². The van der Waals surface area contributed by atoms with Crippen LogP contribution in [0.4, 0.5) is 5.69 Å². The number of ketones is 1. The number of aliphatic carboxylic acids is 1. The van der Waals surface area contributed by atoms with Crippen molar-refractivity contribution in [3.05, 3.63) is 23.8 Å². The van der Waals surface area contributed by atoms with Crippen LogP contribution in [0.2, 0.25) is 0 Å². The Morgan fingerprint density at radius 2 is 2.04 bits per heavy atom. The highest BCUT2D eigenvalue weighted by molar-refractivity contribution is 6.04. The number of anilines is 1. The van der Waals surface area contributed by atoms with Crippen molar-refractivity contribution < 1.29 is 29.0 Å². The zero-order chi connectivity index (χ0) is 17.0. The highest BCUT2D eigenvalue weighted by Gasteiger charge is 2.28. The highest BCUT2D eigenvalue weighted by atomic mass is 16.5. The van der Waals surface area contributed by atoms with Gasteiger partial charge in [-0.25, -0.2) is 0 Å². The molecule has 8 nitrogen and oxygen atoms in total. The van der Waals surface area contributed by atoms with Crippen molar-refractivity contribution in [3.8, 4) is 5.75 Å². The van der Waals surface area contributed by atoms with Gasteiger partial charge in [-0.3, -0.25) is 24.1 Å². The van der Waals surface area contributed by atoms with E-state index in [2.05, 4.69) is 5.32 Å². The normalized spacial score (nSPS) is 13.1. The molecule has 0 aromatic heterocycles. The summed E-state index contributed by atoms with van der Waals surface area (Å²) in [6.45, 7) is -0.366. The number of carboxylic acids is 1. The van der Waals surface area contributed by atoms with Crippen molar-refractivity contribution >= 4 is 29.3 Å². The van der Waals surface area contributed by atoms with E-state index in [1.807, 2.05) is 0 Å². The van der Waals surface area contributed by atoms with Crippen LogP contribution in [-0.2, 0) is 14.4 Å². The zero-order valence-electron chi connectivity index (χ0n) is 12.5. The maximum atomic E-state index is 12.0. The quantitative estimate of drug-likeness (QED) is 0.724. The predicted molar refractivity (Wildman–Crippen MR) is 79.6 cm³/mol. The lowest BCUT2D eigenvalue weighted by Gasteiger charge is -2.29. The Morgan fingerprint density at radius 1 is 1.30 bits per heavy atom. The summed E-state index contributed by atoms with van der Waals surface area (Å²) in [5, 5.41) is 11.1. The van der Waals surface area contributed by atoms with E-state index < -0.39 is 11.9 Å². The van der Waals surface area contributed by atoms with E-state index in [1.165, 1.54) is 30.1 Å². The van der Waals surface area contributed by atoms with Crippen molar-refractivity contribution in [3.63, 3.8) is 0 Å². The molecule has 1 aliphatic heterocycles. The van der Waals surface area contributed by atoms with Crippen LogP contribution < -0.4 is 15.0 Å². The number of rotatable bonds is 6. The Morgan fingerprint density at radius 3 is 2.70 bits per heavy atom. The Kier molecular flexibility index (Phi) is 4.95. The minimum absolute atomic E-state index is 0.141. The molecule has 0 bridgehead atoms. The van der Waals surface area contributed by atoms with Gasteiger partial charge in [0.05, 0.1) is 12.1 Å². The fourth-order valence-corrected chi connectivity index (χ4v) is 2.14. The maximum Gasteiger partial charge on any atom is 0.303 e. The first-order valence-electron chi connectivity index (χ1n) is 6.95. The molecule has 0 fully saturated rings. The third-order valence-electron chi connectivity index (χ3n) is 3.37. The molecule has 2 amide bonds. The number of fused-ring (bicyclic) bond motifs is 1. The summed E-state index contributed by atoms with van der Waals surface area (Å²) in [7, 11) is 1.46. The van der Waals surface area contributed by atoms with Gasteiger partial charge in [0.1, 0.15) is 12.3 Å². The molecule has 1 aromatic rings. The average molecular weight is 320 g/mol. The number of carbonyl (C=O) groups excluding carboxylic acids is 3. The molecular weight excluding hydrogens is 304 g/mol. The summed E-state index contributed by atoms with van der Waals surface area (Å²) in [5.74, 6) is -1.77. The highest BCUT2D eigenvalue weighted by Crippen LogP contribution is 2.33. The fraction of sp³-hybridized carbons (Fsp3) is 0.333. The molecule has 1 aromatic carbocycles. The van der Waals surface area contributed by atoms with Crippen LogP contribution in [0, 0.1) is 0 Å². The van der Waals surface area contributed by atoms with Crippen molar-refractivity contribution in [1.82, 2.24) is 5.32 Å². The summed E-state index contributed by atoms with van der Waals surface area (Å²) in [6.07, 6.45) is -0.411. The summed E-state index contributed by atoms with van der Waals surface area (Å²) >= 11 is 0. The molecule has 0 spiro atoms. The lowest BCUT2D eigenvalue weighted by atomic mass is 10.0. The van der Waals surface area contributed by atoms with E-state index in [9.17, 15) is 19.2 Å².